The summed E-state index contributed by atoms with van der Waals surface area (Å²) < 4.78 is 26.9. The fourth-order valence-corrected chi connectivity index (χ4v) is 4.57. The molecule has 4 aromatic carbocycles. The number of carbonyl (C=O) groups excluding carboxylic acids is 4. The molecule has 0 radical (unpaired) electrons. The van der Waals surface area contributed by atoms with Crippen molar-refractivity contribution in [1.29, 1.82) is 0 Å². The number of aromatic hydroxyl groups is 1. The smallest absolute Gasteiger partial charge is 0.343 e. The Labute approximate surface area is 290 Å². The highest BCUT2D eigenvalue weighted by molar-refractivity contribution is 5.97. The molecule has 10 heteroatoms. The van der Waals surface area contributed by atoms with Crippen molar-refractivity contribution in [2.24, 2.45) is 0 Å². The number of esters is 4. The van der Waals surface area contributed by atoms with Gasteiger partial charge in [-0.1, -0.05) is 44.5 Å². The minimum Gasteiger partial charge on any atom is -0.504 e. The zero-order chi connectivity index (χ0) is 35.9. The molecule has 0 amide bonds. The van der Waals surface area contributed by atoms with Gasteiger partial charge < -0.3 is 28.8 Å². The van der Waals surface area contributed by atoms with Crippen LogP contribution in [0, 0.1) is 0 Å². The van der Waals surface area contributed by atoms with Gasteiger partial charge in [0.1, 0.15) is 11.5 Å². The number of ether oxygens (including phenoxy) is 5. The average Bonchev–Trinajstić information content (AvgIpc) is 3.11. The molecule has 10 nitrogen and oxygen atoms in total. The van der Waals surface area contributed by atoms with Crippen molar-refractivity contribution in [2.45, 2.75) is 46.0 Å². The molecule has 4 rings (SSSR count). The summed E-state index contributed by atoms with van der Waals surface area (Å²) in [5, 5.41) is 12.1. The molecule has 0 aliphatic rings. The fourth-order valence-electron chi connectivity index (χ4n) is 4.57. The summed E-state index contributed by atoms with van der Waals surface area (Å²) in [5.74, 6) is -1.59. The van der Waals surface area contributed by atoms with Gasteiger partial charge in [0.15, 0.2) is 11.5 Å². The summed E-state index contributed by atoms with van der Waals surface area (Å²) in [6.45, 7) is 8.34. The molecule has 0 saturated carbocycles. The van der Waals surface area contributed by atoms with E-state index in [2.05, 4.69) is 13.5 Å². The van der Waals surface area contributed by atoms with Gasteiger partial charge in [-0.05, 0) is 109 Å². The zero-order valence-electron chi connectivity index (χ0n) is 28.1. The molecule has 0 saturated heterocycles. The highest BCUT2D eigenvalue weighted by Crippen LogP contribution is 2.29. The van der Waals surface area contributed by atoms with Crippen LogP contribution in [0.5, 0.6) is 23.0 Å². The number of fused-ring (bicyclic) bond motifs is 1. The zero-order valence-corrected chi connectivity index (χ0v) is 28.1. The second kappa shape index (κ2) is 18.6. The summed E-state index contributed by atoms with van der Waals surface area (Å²) in [6, 6.07) is 20.9. The molecule has 0 aliphatic carbocycles. The van der Waals surface area contributed by atoms with Crippen LogP contribution in [0.15, 0.2) is 97.1 Å². The van der Waals surface area contributed by atoms with E-state index in [1.54, 1.807) is 31.2 Å². The third kappa shape index (κ3) is 11.4. The molecular formula is C40H40O10. The van der Waals surface area contributed by atoms with E-state index in [0.29, 0.717) is 55.1 Å². The number of benzene rings is 4. The van der Waals surface area contributed by atoms with Crippen molar-refractivity contribution in [2.75, 3.05) is 19.8 Å². The van der Waals surface area contributed by atoms with Gasteiger partial charge in [-0.25, -0.2) is 19.2 Å². The van der Waals surface area contributed by atoms with Crippen molar-refractivity contribution < 1.29 is 48.0 Å². The molecule has 0 atom stereocenters. The Hall–Kier alpha value is -5.90. The van der Waals surface area contributed by atoms with Gasteiger partial charge in [-0.15, -0.1) is 0 Å². The second-order valence-electron chi connectivity index (χ2n) is 11.4. The van der Waals surface area contributed by atoms with Crippen molar-refractivity contribution in [1.82, 2.24) is 0 Å². The van der Waals surface area contributed by atoms with E-state index in [-0.39, 0.29) is 22.8 Å². The number of hydrogen-bond acceptors (Lipinski definition) is 10. The van der Waals surface area contributed by atoms with Gasteiger partial charge in [0.2, 0.25) is 0 Å². The predicted octanol–water partition coefficient (Wildman–Crippen LogP) is 8.01. The lowest BCUT2D eigenvalue weighted by Gasteiger charge is -2.10. The Morgan fingerprint density at radius 3 is 2.08 bits per heavy atom. The maximum atomic E-state index is 12.9. The van der Waals surface area contributed by atoms with E-state index in [1.165, 1.54) is 48.6 Å². The Bertz CT molecular complexity index is 1860. The Morgan fingerprint density at radius 1 is 0.700 bits per heavy atom. The van der Waals surface area contributed by atoms with Crippen LogP contribution in [0.2, 0.25) is 0 Å². The van der Waals surface area contributed by atoms with Crippen LogP contribution in [-0.2, 0) is 19.1 Å². The van der Waals surface area contributed by atoms with Crippen molar-refractivity contribution in [3.05, 3.63) is 114 Å². The molecule has 0 aromatic heterocycles. The molecular weight excluding hydrogens is 640 g/mol. The SMILES string of the molecule is C=C(C)C(=O)OCCCCOc1ccc2cc(C(=O)Oc3ccc(C(=O)Oc4ccc(/C=C/C(=O)OCCCCC)cc4O)cc3)ccc2c1. The molecule has 0 unspecified atom stereocenters. The first-order valence-electron chi connectivity index (χ1n) is 16.3. The van der Waals surface area contributed by atoms with E-state index < -0.39 is 23.9 Å². The van der Waals surface area contributed by atoms with Gasteiger partial charge in [-0.3, -0.25) is 0 Å². The third-order valence-corrected chi connectivity index (χ3v) is 7.33. The van der Waals surface area contributed by atoms with Crippen LogP contribution < -0.4 is 14.2 Å². The van der Waals surface area contributed by atoms with E-state index in [0.717, 1.165) is 30.0 Å². The Morgan fingerprint density at radius 2 is 1.34 bits per heavy atom. The lowest BCUT2D eigenvalue weighted by molar-refractivity contribution is -0.139. The van der Waals surface area contributed by atoms with Crippen LogP contribution in [0.25, 0.3) is 16.8 Å². The molecule has 260 valence electrons. The normalized spacial score (nSPS) is 10.8. The quantitative estimate of drug-likeness (QED) is 0.0506. The molecule has 0 aliphatic heterocycles. The molecule has 1 N–H and O–H groups in total. The minimum absolute atomic E-state index is 0.0569. The monoisotopic (exact) mass is 680 g/mol. The van der Waals surface area contributed by atoms with E-state index in [4.69, 9.17) is 23.7 Å². The Kier molecular flexibility index (Phi) is 13.7. The van der Waals surface area contributed by atoms with Crippen LogP contribution in [0.3, 0.4) is 0 Å². The summed E-state index contributed by atoms with van der Waals surface area (Å²) in [4.78, 5) is 48.8. The van der Waals surface area contributed by atoms with Gasteiger partial charge >= 0.3 is 23.9 Å². The van der Waals surface area contributed by atoms with Gasteiger partial charge in [0, 0.05) is 11.6 Å². The predicted molar refractivity (Wildman–Crippen MR) is 188 cm³/mol. The number of carbonyl (C=O) groups is 4. The topological polar surface area (TPSA) is 135 Å². The van der Waals surface area contributed by atoms with Gasteiger partial charge in [-0.2, -0.15) is 0 Å². The average molecular weight is 681 g/mol. The molecule has 50 heavy (non-hydrogen) atoms. The number of rotatable bonds is 17. The van der Waals surface area contributed by atoms with E-state index in [9.17, 15) is 24.3 Å². The summed E-state index contributed by atoms with van der Waals surface area (Å²) in [5.41, 5.74) is 1.41. The van der Waals surface area contributed by atoms with Crippen molar-refractivity contribution >= 4 is 40.7 Å². The lowest BCUT2D eigenvalue weighted by Crippen LogP contribution is -2.10. The van der Waals surface area contributed by atoms with Crippen molar-refractivity contribution in [3.63, 3.8) is 0 Å². The minimum atomic E-state index is -0.723. The summed E-state index contributed by atoms with van der Waals surface area (Å²) >= 11 is 0. The fraction of sp³-hybridized carbons (Fsp3) is 0.250. The highest BCUT2D eigenvalue weighted by Gasteiger charge is 2.14. The van der Waals surface area contributed by atoms with E-state index in [1.807, 2.05) is 18.2 Å². The second-order valence-corrected chi connectivity index (χ2v) is 11.4. The van der Waals surface area contributed by atoms with Gasteiger partial charge in [0.25, 0.3) is 0 Å². The first-order chi connectivity index (χ1) is 24.1. The Balaban J connectivity index is 1.25. The molecule has 0 heterocycles. The maximum absolute atomic E-state index is 12.9. The van der Waals surface area contributed by atoms with Gasteiger partial charge in [0.05, 0.1) is 30.9 Å². The first kappa shape index (κ1) is 36.9. The maximum Gasteiger partial charge on any atom is 0.343 e. The molecule has 0 bridgehead atoms. The standard InChI is InChI=1S/C40H40O10/c1-4-5-6-22-47-37(42)20-10-28-9-19-36(35(41)24-28)50-39(44)29-13-16-33(17-14-29)49-40(45)32-12-11-31-26-34(18-15-30(31)25-32)46-21-7-8-23-48-38(43)27(2)3/h9-20,24-26,41H,2,4-8,21-23H2,1,3H3/b20-10+. The lowest BCUT2D eigenvalue weighted by atomic mass is 10.1. The van der Waals surface area contributed by atoms with E-state index >= 15 is 0 Å². The van der Waals surface area contributed by atoms with Crippen LogP contribution >= 0.6 is 0 Å². The third-order valence-electron chi connectivity index (χ3n) is 7.33. The summed E-state index contributed by atoms with van der Waals surface area (Å²) in [7, 11) is 0. The van der Waals surface area contributed by atoms with Crippen LogP contribution in [0.1, 0.15) is 72.2 Å². The molecule has 0 spiro atoms. The van der Waals surface area contributed by atoms with Crippen LogP contribution in [0.4, 0.5) is 0 Å². The number of phenolic OH excluding ortho intramolecular Hbond substituents is 1. The molecule has 4 aromatic rings. The molecule has 0 fully saturated rings. The first-order valence-corrected chi connectivity index (χ1v) is 16.3. The number of unbranched alkanes of at least 4 members (excludes halogenated alkanes) is 3. The largest absolute Gasteiger partial charge is 0.504 e. The van der Waals surface area contributed by atoms with Crippen molar-refractivity contribution in [3.8, 4) is 23.0 Å². The number of hydrogen-bond donors (Lipinski definition) is 1. The number of phenols is 1. The summed E-state index contributed by atoms with van der Waals surface area (Å²) in [6.07, 6.45) is 6.97. The highest BCUT2D eigenvalue weighted by atomic mass is 16.5. The van der Waals surface area contributed by atoms with Crippen LogP contribution in [-0.4, -0.2) is 48.8 Å².